The molecule has 2 N–H and O–H groups in total. The molecule has 0 spiro atoms. The van der Waals surface area contributed by atoms with Crippen molar-refractivity contribution in [3.8, 4) is 5.75 Å². The van der Waals surface area contributed by atoms with E-state index in [9.17, 15) is 9.59 Å². The number of rotatable bonds is 5. The van der Waals surface area contributed by atoms with Crippen LogP contribution in [-0.2, 0) is 23.1 Å². The summed E-state index contributed by atoms with van der Waals surface area (Å²) in [7, 11) is 1.65. The number of hydrogen-bond acceptors (Lipinski definition) is 5. The van der Waals surface area contributed by atoms with Gasteiger partial charge in [0.05, 0.1) is 18.2 Å². The van der Waals surface area contributed by atoms with Crippen LogP contribution >= 0.6 is 0 Å². The Morgan fingerprint density at radius 3 is 2.55 bits per heavy atom. The molecule has 0 bridgehead atoms. The second-order valence-electron chi connectivity index (χ2n) is 9.07. The number of aromatic amines is 1. The van der Waals surface area contributed by atoms with Crippen LogP contribution in [0.3, 0.4) is 0 Å². The minimum atomic E-state index is -0.349. The average molecular weight is 423 g/mol. The zero-order chi connectivity index (χ0) is 21.4. The highest BCUT2D eigenvalue weighted by Gasteiger charge is 2.53. The summed E-state index contributed by atoms with van der Waals surface area (Å²) < 4.78 is 5.25. The Morgan fingerprint density at radius 2 is 1.87 bits per heavy atom. The van der Waals surface area contributed by atoms with Gasteiger partial charge in [0.2, 0.25) is 11.9 Å². The van der Waals surface area contributed by atoms with Gasteiger partial charge in [-0.05, 0) is 69.1 Å². The van der Waals surface area contributed by atoms with E-state index in [1.165, 1.54) is 0 Å². The van der Waals surface area contributed by atoms with Crippen LogP contribution in [0.1, 0.15) is 55.3 Å². The summed E-state index contributed by atoms with van der Waals surface area (Å²) in [4.78, 5) is 35.3. The highest BCUT2D eigenvalue weighted by atomic mass is 16.5. The number of likely N-dealkylation sites (tertiary alicyclic amines) is 1. The number of nitrogens with one attached hydrogen (secondary N) is 2. The zero-order valence-electron chi connectivity index (χ0n) is 18.1. The zero-order valence-corrected chi connectivity index (χ0v) is 18.1. The van der Waals surface area contributed by atoms with Crippen LogP contribution in [0.15, 0.2) is 29.1 Å². The van der Waals surface area contributed by atoms with Gasteiger partial charge in [-0.1, -0.05) is 12.1 Å². The number of nitrogens with zero attached hydrogens (tertiary/aromatic N) is 2. The number of aromatic nitrogens is 2. The first-order chi connectivity index (χ1) is 15.1. The van der Waals surface area contributed by atoms with Crippen LogP contribution in [0.25, 0.3) is 0 Å². The first kappa shape index (κ1) is 20.1. The van der Waals surface area contributed by atoms with E-state index in [0.717, 1.165) is 87.0 Å². The minimum absolute atomic E-state index is 0.00465. The standard InChI is InChI=1S/C24H30N4O3/c1-31-18-8-6-16(7-9-18)24(12-13-24)22(30)28-14-10-17(11-15-28)25-23-26-20-5-3-2-4-19(20)21(29)27-23/h6-9,17H,2-5,10-15H2,1H3,(H2,25,26,27,29). The molecule has 1 amide bonds. The lowest BCUT2D eigenvalue weighted by molar-refractivity contribution is -0.134. The lowest BCUT2D eigenvalue weighted by Crippen LogP contribution is -2.46. The van der Waals surface area contributed by atoms with Gasteiger partial charge in [-0.3, -0.25) is 14.6 Å². The van der Waals surface area contributed by atoms with Gasteiger partial charge in [0.1, 0.15) is 5.75 Å². The summed E-state index contributed by atoms with van der Waals surface area (Å²) in [6.45, 7) is 1.45. The Kier molecular flexibility index (Phi) is 5.20. The maximum absolute atomic E-state index is 13.3. The van der Waals surface area contributed by atoms with Gasteiger partial charge in [-0.2, -0.15) is 0 Å². The molecule has 1 saturated carbocycles. The number of aryl methyl sites for hydroxylation is 1. The van der Waals surface area contributed by atoms with Crippen molar-refractivity contribution in [2.24, 2.45) is 0 Å². The average Bonchev–Trinajstić information content (AvgIpc) is 3.61. The molecular formula is C24H30N4O3. The van der Waals surface area contributed by atoms with Gasteiger partial charge in [-0.25, -0.2) is 4.98 Å². The molecule has 2 fully saturated rings. The largest absolute Gasteiger partial charge is 0.497 e. The van der Waals surface area contributed by atoms with Crippen molar-refractivity contribution in [3.05, 3.63) is 51.4 Å². The monoisotopic (exact) mass is 422 g/mol. The third kappa shape index (κ3) is 3.82. The lowest BCUT2D eigenvalue weighted by atomic mass is 9.92. The van der Waals surface area contributed by atoms with Crippen molar-refractivity contribution < 1.29 is 9.53 Å². The van der Waals surface area contributed by atoms with Crippen molar-refractivity contribution in [1.29, 1.82) is 0 Å². The molecule has 0 unspecified atom stereocenters. The first-order valence-electron chi connectivity index (χ1n) is 11.4. The molecule has 3 aliphatic rings. The lowest BCUT2D eigenvalue weighted by Gasteiger charge is -2.35. The molecule has 2 heterocycles. The van der Waals surface area contributed by atoms with Gasteiger partial charge < -0.3 is 15.0 Å². The number of amides is 1. The van der Waals surface area contributed by atoms with Gasteiger partial charge >= 0.3 is 0 Å². The summed E-state index contributed by atoms with van der Waals surface area (Å²) in [5.41, 5.74) is 2.53. The number of ether oxygens (including phenoxy) is 1. The molecule has 31 heavy (non-hydrogen) atoms. The molecule has 7 nitrogen and oxygen atoms in total. The Morgan fingerprint density at radius 1 is 1.16 bits per heavy atom. The second kappa shape index (κ2) is 8.02. The van der Waals surface area contributed by atoms with Crippen LogP contribution in [0.2, 0.25) is 0 Å². The van der Waals surface area contributed by atoms with Crippen LogP contribution in [0, 0.1) is 0 Å². The van der Waals surface area contributed by atoms with Crippen LogP contribution in [0.4, 0.5) is 5.95 Å². The first-order valence-corrected chi connectivity index (χ1v) is 11.4. The number of hydrogen-bond donors (Lipinski definition) is 2. The molecule has 2 aliphatic carbocycles. The molecule has 164 valence electrons. The van der Waals surface area contributed by atoms with E-state index >= 15 is 0 Å². The number of H-pyrrole nitrogens is 1. The summed E-state index contributed by atoms with van der Waals surface area (Å²) in [5.74, 6) is 1.64. The summed E-state index contributed by atoms with van der Waals surface area (Å²) in [5, 5.41) is 3.41. The van der Waals surface area contributed by atoms with E-state index in [4.69, 9.17) is 4.74 Å². The molecule has 0 radical (unpaired) electrons. The predicted molar refractivity (Wildman–Crippen MR) is 119 cm³/mol. The summed E-state index contributed by atoms with van der Waals surface area (Å²) in [6.07, 6.45) is 7.40. The fraction of sp³-hybridized carbons (Fsp3) is 0.542. The van der Waals surface area contributed by atoms with Crippen LogP contribution < -0.4 is 15.6 Å². The van der Waals surface area contributed by atoms with E-state index in [2.05, 4.69) is 15.3 Å². The van der Waals surface area contributed by atoms with Gasteiger partial charge in [0, 0.05) is 24.7 Å². The van der Waals surface area contributed by atoms with Crippen molar-refractivity contribution in [3.63, 3.8) is 0 Å². The SMILES string of the molecule is COc1ccc(C2(C(=O)N3CCC(Nc4nc5c(c(=O)[nH]4)CCCC5)CC3)CC2)cc1. The van der Waals surface area contributed by atoms with E-state index in [1.54, 1.807) is 7.11 Å². The van der Waals surface area contributed by atoms with Crippen LogP contribution in [-0.4, -0.2) is 47.0 Å². The van der Waals surface area contributed by atoms with Gasteiger partial charge in [0.25, 0.3) is 5.56 Å². The molecule has 2 aromatic rings. The maximum atomic E-state index is 13.3. The normalized spacial score (nSPS) is 20.1. The van der Waals surface area contributed by atoms with Gasteiger partial charge in [-0.15, -0.1) is 0 Å². The molecular weight excluding hydrogens is 392 g/mol. The molecule has 0 atom stereocenters. The quantitative estimate of drug-likeness (QED) is 0.774. The Bertz CT molecular complexity index is 1020. The molecule has 1 aliphatic heterocycles. The predicted octanol–water partition coefficient (Wildman–Crippen LogP) is 2.79. The number of carbonyl (C=O) groups is 1. The Balaban J connectivity index is 1.21. The molecule has 7 heteroatoms. The van der Waals surface area contributed by atoms with Crippen molar-refractivity contribution in [2.45, 2.75) is 62.8 Å². The highest BCUT2D eigenvalue weighted by molar-refractivity contribution is 5.91. The smallest absolute Gasteiger partial charge is 0.255 e. The number of piperidine rings is 1. The number of carbonyl (C=O) groups excluding carboxylic acids is 1. The van der Waals surface area contributed by atoms with Crippen molar-refractivity contribution in [1.82, 2.24) is 14.9 Å². The van der Waals surface area contributed by atoms with Gasteiger partial charge in [0.15, 0.2) is 0 Å². The molecule has 1 saturated heterocycles. The van der Waals surface area contributed by atoms with E-state index < -0.39 is 0 Å². The number of anilines is 1. The maximum Gasteiger partial charge on any atom is 0.255 e. The van der Waals surface area contributed by atoms with Crippen LogP contribution in [0.5, 0.6) is 5.75 Å². The topological polar surface area (TPSA) is 87.3 Å². The summed E-state index contributed by atoms with van der Waals surface area (Å²) >= 11 is 0. The van der Waals surface area contributed by atoms with E-state index in [0.29, 0.717) is 5.95 Å². The molecule has 1 aromatic heterocycles. The second-order valence-corrected chi connectivity index (χ2v) is 9.07. The fourth-order valence-electron chi connectivity index (χ4n) is 5.06. The highest BCUT2D eigenvalue weighted by Crippen LogP contribution is 2.50. The Labute approximate surface area is 182 Å². The molecule has 1 aromatic carbocycles. The Hall–Kier alpha value is -2.83. The number of fused-ring (bicyclic) bond motifs is 1. The van der Waals surface area contributed by atoms with E-state index in [1.807, 2.05) is 29.2 Å². The third-order valence-corrected chi connectivity index (χ3v) is 7.12. The summed E-state index contributed by atoms with van der Waals surface area (Å²) in [6, 6.07) is 8.13. The van der Waals surface area contributed by atoms with Crippen molar-refractivity contribution in [2.75, 3.05) is 25.5 Å². The minimum Gasteiger partial charge on any atom is -0.497 e. The molecule has 5 rings (SSSR count). The fourth-order valence-corrected chi connectivity index (χ4v) is 5.06. The van der Waals surface area contributed by atoms with Crippen molar-refractivity contribution >= 4 is 11.9 Å². The van der Waals surface area contributed by atoms with E-state index in [-0.39, 0.29) is 22.9 Å². The number of benzene rings is 1. The number of methoxy groups -OCH3 is 1. The third-order valence-electron chi connectivity index (χ3n) is 7.12.